The first-order valence-electron chi connectivity index (χ1n) is 4.98. The van der Waals surface area contributed by atoms with E-state index in [1.807, 2.05) is 13.0 Å². The minimum atomic E-state index is -0.351. The molecule has 17 heavy (non-hydrogen) atoms. The zero-order valence-corrected chi connectivity index (χ0v) is 9.21. The molecule has 0 aliphatic heterocycles. The Morgan fingerprint density at radius 2 is 2.18 bits per heavy atom. The van der Waals surface area contributed by atoms with E-state index in [2.05, 4.69) is 20.5 Å². The van der Waals surface area contributed by atoms with E-state index < -0.39 is 0 Å². The SMILES string of the molecule is Cc1ccc(C(=O)Nc2nccnn2)c(N)c1. The Labute approximate surface area is 97.9 Å². The molecule has 0 aliphatic rings. The van der Waals surface area contributed by atoms with Crippen molar-refractivity contribution in [1.29, 1.82) is 0 Å². The Balaban J connectivity index is 2.21. The number of aryl methyl sites for hydroxylation is 1. The van der Waals surface area contributed by atoms with Crippen LogP contribution in [0.3, 0.4) is 0 Å². The highest BCUT2D eigenvalue weighted by molar-refractivity contribution is 6.06. The van der Waals surface area contributed by atoms with Gasteiger partial charge in [0.25, 0.3) is 5.91 Å². The van der Waals surface area contributed by atoms with E-state index in [-0.39, 0.29) is 11.9 Å². The molecule has 3 N–H and O–H groups in total. The standard InChI is InChI=1S/C11H11N5O/c1-7-2-3-8(9(12)6-7)10(17)15-11-13-4-5-14-16-11/h2-6H,12H2,1H3,(H,13,15,16,17). The van der Waals surface area contributed by atoms with Crippen molar-refractivity contribution in [1.82, 2.24) is 15.2 Å². The summed E-state index contributed by atoms with van der Waals surface area (Å²) in [5.41, 5.74) is 7.57. The number of hydrogen-bond donors (Lipinski definition) is 2. The molecule has 0 radical (unpaired) electrons. The Morgan fingerprint density at radius 3 is 2.82 bits per heavy atom. The molecular weight excluding hydrogens is 218 g/mol. The van der Waals surface area contributed by atoms with Crippen molar-refractivity contribution >= 4 is 17.5 Å². The van der Waals surface area contributed by atoms with Gasteiger partial charge in [0.15, 0.2) is 0 Å². The van der Waals surface area contributed by atoms with Crippen LogP contribution in [0.15, 0.2) is 30.6 Å². The molecule has 1 heterocycles. The van der Waals surface area contributed by atoms with Gasteiger partial charge in [-0.3, -0.25) is 10.1 Å². The van der Waals surface area contributed by atoms with Gasteiger partial charge in [0.1, 0.15) is 0 Å². The molecular formula is C11H11N5O. The number of hydrogen-bond acceptors (Lipinski definition) is 5. The lowest BCUT2D eigenvalue weighted by Gasteiger charge is -2.06. The smallest absolute Gasteiger partial charge is 0.260 e. The highest BCUT2D eigenvalue weighted by atomic mass is 16.1. The van der Waals surface area contributed by atoms with Crippen LogP contribution in [0.2, 0.25) is 0 Å². The predicted octanol–water partition coefficient (Wildman–Crippen LogP) is 1.01. The highest BCUT2D eigenvalue weighted by Gasteiger charge is 2.10. The van der Waals surface area contributed by atoms with Gasteiger partial charge in [0.05, 0.1) is 18.0 Å². The van der Waals surface area contributed by atoms with Gasteiger partial charge in [-0.1, -0.05) is 6.07 Å². The van der Waals surface area contributed by atoms with Gasteiger partial charge in [-0.25, -0.2) is 4.98 Å². The van der Waals surface area contributed by atoms with Gasteiger partial charge in [-0.05, 0) is 24.6 Å². The van der Waals surface area contributed by atoms with Crippen LogP contribution in [0.25, 0.3) is 0 Å². The molecule has 0 saturated heterocycles. The first kappa shape index (κ1) is 11.0. The van der Waals surface area contributed by atoms with E-state index in [4.69, 9.17) is 5.73 Å². The number of amides is 1. The number of nitrogens with one attached hydrogen (secondary N) is 1. The monoisotopic (exact) mass is 229 g/mol. The predicted molar refractivity (Wildman–Crippen MR) is 63.4 cm³/mol. The zero-order chi connectivity index (χ0) is 12.3. The quantitative estimate of drug-likeness (QED) is 0.749. The molecule has 0 unspecified atom stereocenters. The summed E-state index contributed by atoms with van der Waals surface area (Å²) in [6.07, 6.45) is 2.87. The number of benzene rings is 1. The molecule has 0 atom stereocenters. The van der Waals surface area contributed by atoms with Crippen LogP contribution in [0, 0.1) is 6.92 Å². The fourth-order valence-corrected chi connectivity index (χ4v) is 1.36. The second kappa shape index (κ2) is 4.56. The lowest BCUT2D eigenvalue weighted by Crippen LogP contribution is -2.16. The summed E-state index contributed by atoms with van der Waals surface area (Å²) in [7, 11) is 0. The molecule has 1 aromatic heterocycles. The molecule has 1 amide bonds. The van der Waals surface area contributed by atoms with Crippen LogP contribution >= 0.6 is 0 Å². The van der Waals surface area contributed by atoms with Crippen molar-refractivity contribution in [2.45, 2.75) is 6.92 Å². The Kier molecular flexibility index (Phi) is 2.95. The van der Waals surface area contributed by atoms with Gasteiger partial charge >= 0.3 is 0 Å². The number of rotatable bonds is 2. The van der Waals surface area contributed by atoms with E-state index in [1.165, 1.54) is 12.4 Å². The third kappa shape index (κ3) is 2.54. The third-order valence-corrected chi connectivity index (χ3v) is 2.16. The van der Waals surface area contributed by atoms with Crippen molar-refractivity contribution < 1.29 is 4.79 Å². The minimum Gasteiger partial charge on any atom is -0.398 e. The highest BCUT2D eigenvalue weighted by Crippen LogP contribution is 2.14. The molecule has 6 heteroatoms. The van der Waals surface area contributed by atoms with E-state index in [0.717, 1.165) is 5.56 Å². The van der Waals surface area contributed by atoms with E-state index in [1.54, 1.807) is 12.1 Å². The zero-order valence-electron chi connectivity index (χ0n) is 9.21. The van der Waals surface area contributed by atoms with Crippen molar-refractivity contribution in [2.24, 2.45) is 0 Å². The van der Waals surface area contributed by atoms with Gasteiger partial charge in [0, 0.05) is 5.69 Å². The lowest BCUT2D eigenvalue weighted by atomic mass is 10.1. The summed E-state index contributed by atoms with van der Waals surface area (Å²) in [5, 5.41) is 9.78. The van der Waals surface area contributed by atoms with Crippen LogP contribution in [-0.2, 0) is 0 Å². The minimum absolute atomic E-state index is 0.150. The van der Waals surface area contributed by atoms with Gasteiger partial charge in [-0.15, -0.1) is 5.10 Å². The lowest BCUT2D eigenvalue weighted by molar-refractivity contribution is 0.102. The molecule has 0 fully saturated rings. The number of carbonyl (C=O) groups is 1. The molecule has 2 aromatic rings. The van der Waals surface area contributed by atoms with Crippen LogP contribution < -0.4 is 11.1 Å². The second-order valence-corrected chi connectivity index (χ2v) is 3.51. The van der Waals surface area contributed by atoms with Gasteiger partial charge < -0.3 is 5.73 Å². The first-order chi connectivity index (χ1) is 8.16. The summed E-state index contributed by atoms with van der Waals surface area (Å²) >= 11 is 0. The molecule has 1 aromatic carbocycles. The molecule has 0 saturated carbocycles. The number of carbonyl (C=O) groups excluding carboxylic acids is 1. The van der Waals surface area contributed by atoms with Crippen LogP contribution in [-0.4, -0.2) is 21.1 Å². The average molecular weight is 229 g/mol. The molecule has 6 nitrogen and oxygen atoms in total. The number of anilines is 2. The average Bonchev–Trinajstić information content (AvgIpc) is 2.30. The molecule has 86 valence electrons. The van der Waals surface area contributed by atoms with Crippen molar-refractivity contribution in [2.75, 3.05) is 11.1 Å². The summed E-state index contributed by atoms with van der Waals surface area (Å²) in [6, 6.07) is 5.21. The second-order valence-electron chi connectivity index (χ2n) is 3.51. The first-order valence-corrected chi connectivity index (χ1v) is 4.98. The number of aromatic nitrogens is 3. The maximum absolute atomic E-state index is 11.8. The summed E-state index contributed by atoms with van der Waals surface area (Å²) in [4.78, 5) is 15.7. The van der Waals surface area contributed by atoms with Crippen LogP contribution in [0.1, 0.15) is 15.9 Å². The maximum atomic E-state index is 11.8. The summed E-state index contributed by atoms with van der Waals surface area (Å²) < 4.78 is 0. The number of nitrogens with zero attached hydrogens (tertiary/aromatic N) is 3. The molecule has 2 rings (SSSR count). The van der Waals surface area contributed by atoms with E-state index >= 15 is 0 Å². The number of nitrogen functional groups attached to an aromatic ring is 1. The summed E-state index contributed by atoms with van der Waals surface area (Å²) in [6.45, 7) is 1.91. The fourth-order valence-electron chi connectivity index (χ4n) is 1.36. The Hall–Kier alpha value is -2.50. The van der Waals surface area contributed by atoms with Gasteiger partial charge in [-0.2, -0.15) is 5.10 Å². The maximum Gasteiger partial charge on any atom is 0.260 e. The molecule has 0 bridgehead atoms. The van der Waals surface area contributed by atoms with E-state index in [0.29, 0.717) is 11.3 Å². The fraction of sp³-hybridized carbons (Fsp3) is 0.0909. The third-order valence-electron chi connectivity index (χ3n) is 2.16. The van der Waals surface area contributed by atoms with Crippen LogP contribution in [0.4, 0.5) is 11.6 Å². The Bertz CT molecular complexity index is 541. The molecule has 0 aliphatic carbocycles. The Morgan fingerprint density at radius 1 is 1.35 bits per heavy atom. The largest absolute Gasteiger partial charge is 0.398 e. The molecule has 0 spiro atoms. The van der Waals surface area contributed by atoms with Gasteiger partial charge in [0.2, 0.25) is 5.95 Å². The van der Waals surface area contributed by atoms with Crippen molar-refractivity contribution in [3.8, 4) is 0 Å². The normalized spacial score (nSPS) is 9.94. The van der Waals surface area contributed by atoms with Crippen LogP contribution in [0.5, 0.6) is 0 Å². The number of nitrogens with two attached hydrogens (primary N) is 1. The van der Waals surface area contributed by atoms with Crippen molar-refractivity contribution in [3.05, 3.63) is 41.7 Å². The topological polar surface area (TPSA) is 93.8 Å². The van der Waals surface area contributed by atoms with Crippen molar-refractivity contribution in [3.63, 3.8) is 0 Å². The summed E-state index contributed by atoms with van der Waals surface area (Å²) in [5.74, 6) is -0.201. The van der Waals surface area contributed by atoms with E-state index in [9.17, 15) is 4.79 Å².